The molecule has 384 valence electrons. The normalized spacial score (nSPS) is 11.2. The van der Waals surface area contributed by atoms with Crippen LogP contribution in [0.15, 0.2) is 218 Å². The van der Waals surface area contributed by atoms with Crippen molar-refractivity contribution in [2.75, 3.05) is 0 Å². The summed E-state index contributed by atoms with van der Waals surface area (Å²) in [5.41, 5.74) is 10.2. The van der Waals surface area contributed by atoms with Crippen LogP contribution in [-0.4, -0.2) is 42.8 Å². The molecule has 3 heterocycles. The molecular formula is C63H39Cl9N6. The third-order valence-electron chi connectivity index (χ3n) is 12.7. The second kappa shape index (κ2) is 25.2. The lowest BCUT2D eigenvalue weighted by Crippen LogP contribution is -1.88. The highest BCUT2D eigenvalue weighted by atomic mass is 35.6. The number of benzene rings is 9. The molecule has 6 nitrogen and oxygen atoms in total. The zero-order chi connectivity index (χ0) is 54.3. The molecule has 22 rings (SSSR count). The molecule has 0 aliphatic heterocycles. The van der Waals surface area contributed by atoms with E-state index in [0.717, 1.165) is 131 Å². The van der Waals surface area contributed by atoms with Crippen LogP contribution in [-0.2, 0) is 0 Å². The molecule has 3 aromatic heterocycles. The van der Waals surface area contributed by atoms with Crippen molar-refractivity contribution in [3.05, 3.63) is 218 Å². The van der Waals surface area contributed by atoms with E-state index in [-0.39, 0.29) is 0 Å². The Morgan fingerprint density at radius 3 is 0.385 bits per heavy atom. The third kappa shape index (κ3) is 13.0. The second-order valence-corrected chi connectivity index (χ2v) is 23.4. The molecule has 0 amide bonds. The van der Waals surface area contributed by atoms with Gasteiger partial charge < -0.3 is 0 Å². The zero-order valence-corrected chi connectivity index (χ0v) is 47.4. The highest BCUT2D eigenvalue weighted by Gasteiger charge is 2.09. The molecule has 15 heteroatoms. The summed E-state index contributed by atoms with van der Waals surface area (Å²) in [5.74, 6) is 0. The van der Waals surface area contributed by atoms with Crippen molar-refractivity contribution in [2.24, 2.45) is 0 Å². The average molecular weight is 1200 g/mol. The van der Waals surface area contributed by atoms with Crippen LogP contribution in [0.1, 0.15) is 0 Å². The Hall–Kier alpha value is -6.39. The van der Waals surface area contributed by atoms with E-state index >= 15 is 0 Å². The Bertz CT molecular complexity index is 3760. The van der Waals surface area contributed by atoms with E-state index in [1.54, 1.807) is 0 Å². The Morgan fingerprint density at radius 2 is 0.269 bits per heavy atom. The third-order valence-corrected chi connectivity index (χ3v) is 12.7. The summed E-state index contributed by atoms with van der Waals surface area (Å²) < 4.78 is -2.25. The number of hydrogen-bond donors (Lipinski definition) is 0. The molecule has 78 heavy (non-hydrogen) atoms. The Morgan fingerprint density at radius 1 is 0.167 bits per heavy atom. The van der Waals surface area contributed by atoms with Gasteiger partial charge in [-0.1, -0.05) is 286 Å². The molecular weight excluding hydrogens is 1160 g/mol. The van der Waals surface area contributed by atoms with Gasteiger partial charge in [-0.3, -0.25) is 0 Å². The van der Waals surface area contributed by atoms with Gasteiger partial charge in [0.25, 0.3) is 0 Å². The van der Waals surface area contributed by atoms with Gasteiger partial charge in [0.15, 0.2) is 12.9 Å². The topological polar surface area (TPSA) is 77.3 Å². The predicted octanol–water partition coefficient (Wildman–Crippen LogP) is 21.2. The standard InChI is InChI=1S/C60H36N6.3CHCl3/c1-2-8-50-49(7-1)61-55-43-25-13-37(14-26-43)39-17-29-45(30-18-39)57-59(65-52-10-4-3-9-51(52)63-57)47-33-21-41(22-34-47)42-23-35-48(36-24-42)60-58(64-53-11-5-6-12-54(53)66-60)46-31-19-40(20-32-46)38-15-27-44(28-16-38)56(55)62-50;3*2-1(3)4/h1-36H;3*1H. The quantitative estimate of drug-likeness (QED) is 0.141. The van der Waals surface area contributed by atoms with Crippen molar-refractivity contribution in [2.45, 2.75) is 12.9 Å². The van der Waals surface area contributed by atoms with Crippen molar-refractivity contribution in [1.29, 1.82) is 0 Å². The predicted molar refractivity (Wildman–Crippen MR) is 340 cm³/mol. The zero-order valence-electron chi connectivity index (χ0n) is 40.6. The Balaban J connectivity index is 0.000000524. The van der Waals surface area contributed by atoms with Crippen molar-refractivity contribution < 1.29 is 0 Å². The largest absolute Gasteiger partial charge is 0.244 e. The van der Waals surface area contributed by atoms with Gasteiger partial charge in [0.2, 0.25) is 0 Å². The number of para-hydroxylation sites is 6. The van der Waals surface area contributed by atoms with Gasteiger partial charge in [-0.25, -0.2) is 29.9 Å². The Kier molecular flexibility index (Phi) is 17.7. The fraction of sp³-hybridized carbons (Fsp3) is 0.0476. The van der Waals surface area contributed by atoms with Crippen LogP contribution < -0.4 is 0 Å². The van der Waals surface area contributed by atoms with Crippen LogP contribution >= 0.6 is 104 Å². The van der Waals surface area contributed by atoms with Gasteiger partial charge in [0.1, 0.15) is 0 Å². The number of alkyl halides is 9. The van der Waals surface area contributed by atoms with E-state index in [9.17, 15) is 0 Å². The molecule has 19 aromatic carbocycles. The van der Waals surface area contributed by atoms with Crippen molar-refractivity contribution in [3.8, 4) is 0 Å². The van der Waals surface area contributed by atoms with Gasteiger partial charge in [-0.05, 0) is 68.7 Å². The molecule has 0 saturated heterocycles. The molecule has 0 unspecified atom stereocenters. The maximum atomic E-state index is 5.21. The average Bonchev–Trinajstić information content (AvgIpc) is 3.57. The van der Waals surface area contributed by atoms with Crippen LogP contribution in [0, 0.1) is 0 Å². The van der Waals surface area contributed by atoms with E-state index in [0.29, 0.717) is 0 Å². The highest BCUT2D eigenvalue weighted by molar-refractivity contribution is 6.63. The smallest absolute Gasteiger partial charge is 0.180 e. The first-order valence-electron chi connectivity index (χ1n) is 24.1. The summed E-state index contributed by atoms with van der Waals surface area (Å²) in [6.07, 6.45) is 0. The van der Waals surface area contributed by atoms with Crippen molar-refractivity contribution >= 4 is 235 Å². The molecule has 0 saturated carbocycles. The number of aromatic nitrogens is 6. The maximum Gasteiger partial charge on any atom is 0.180 e. The minimum absolute atomic E-state index is 0.750. The fourth-order valence-electron chi connectivity index (χ4n) is 9.13. The molecule has 0 atom stereocenters. The SMILES string of the molecule is ClC(Cl)Cl.ClC(Cl)Cl.ClC(Cl)Cl.c1ccc2nc3c4ccc(cc4)c4ccc(cc4)c4nc5ccccc5nc4c4ccc(cc4)c4ccc(cc4)c4nc5ccccc5nc4c4ccc(cc4)c4ccc(cc4)c3nc2c1. The van der Waals surface area contributed by atoms with Crippen molar-refractivity contribution in [3.63, 3.8) is 0 Å². The fourth-order valence-corrected chi connectivity index (χ4v) is 9.13. The van der Waals surface area contributed by atoms with Crippen molar-refractivity contribution in [1.82, 2.24) is 29.9 Å². The van der Waals surface area contributed by atoms with Gasteiger partial charge in [0, 0.05) is 32.3 Å². The van der Waals surface area contributed by atoms with Crippen LogP contribution in [0.4, 0.5) is 0 Å². The van der Waals surface area contributed by atoms with E-state index in [4.69, 9.17) is 134 Å². The van der Waals surface area contributed by atoms with E-state index in [1.165, 1.54) is 0 Å². The molecule has 0 N–H and O–H groups in total. The summed E-state index contributed by atoms with van der Waals surface area (Å²) >= 11 is 43.3. The molecule has 0 radical (unpaired) electrons. The number of halogens is 9. The van der Waals surface area contributed by atoms with Gasteiger partial charge in [0.05, 0.1) is 66.2 Å². The summed E-state index contributed by atoms with van der Waals surface area (Å²) in [4.78, 5) is 31.2. The molecule has 0 spiro atoms. The minimum Gasteiger partial charge on any atom is -0.244 e. The van der Waals surface area contributed by atoms with E-state index in [2.05, 4.69) is 146 Å². The van der Waals surface area contributed by atoms with Crippen LogP contribution in [0.3, 0.4) is 0 Å². The molecule has 0 aliphatic rings. The van der Waals surface area contributed by atoms with Gasteiger partial charge in [-0.15, -0.1) is 0 Å². The lowest BCUT2D eigenvalue weighted by molar-refractivity contribution is 1.42. The lowest BCUT2D eigenvalue weighted by Gasteiger charge is -2.05. The summed E-state index contributed by atoms with van der Waals surface area (Å²) in [7, 11) is 0. The highest BCUT2D eigenvalue weighted by Crippen LogP contribution is 2.29. The minimum atomic E-state index is -0.750. The summed E-state index contributed by atoms with van der Waals surface area (Å²) in [6, 6.07) is 76.0. The number of hydrogen-bond acceptors (Lipinski definition) is 6. The number of fused-ring (bicyclic) bond motifs is 3. The van der Waals surface area contributed by atoms with Crippen LogP contribution in [0.2, 0.25) is 0 Å². The van der Waals surface area contributed by atoms with E-state index < -0.39 is 12.9 Å². The molecule has 12 bridgehead atoms. The van der Waals surface area contributed by atoms with E-state index in [1.807, 2.05) is 72.8 Å². The number of nitrogens with zero attached hydrogens (tertiary/aromatic N) is 6. The lowest BCUT2D eigenvalue weighted by atomic mass is 10.1. The first-order valence-corrected chi connectivity index (χ1v) is 28.0. The Labute approximate surface area is 492 Å². The van der Waals surface area contributed by atoms with Gasteiger partial charge >= 0.3 is 0 Å². The molecule has 0 fully saturated rings. The second-order valence-electron chi connectivity index (χ2n) is 17.4. The molecule has 0 aliphatic carbocycles. The first-order chi connectivity index (χ1) is 37.8. The first kappa shape index (κ1) is 54.9. The molecule has 22 aromatic rings. The van der Waals surface area contributed by atoms with Crippen LogP contribution in [0.5, 0.6) is 0 Å². The monoisotopic (exact) mass is 1190 g/mol. The van der Waals surface area contributed by atoms with Gasteiger partial charge in [-0.2, -0.15) is 0 Å². The summed E-state index contributed by atoms with van der Waals surface area (Å²) in [5, 5.41) is 12.6. The maximum absolute atomic E-state index is 5.21. The summed E-state index contributed by atoms with van der Waals surface area (Å²) in [6.45, 7) is 0. The number of rotatable bonds is 0. The van der Waals surface area contributed by atoms with Crippen LogP contribution in [0.25, 0.3) is 131 Å².